The maximum Gasteiger partial charge on any atom is 0.461 e. The highest BCUT2D eigenvalue weighted by molar-refractivity contribution is 5.76. The van der Waals surface area contributed by atoms with Crippen molar-refractivity contribution in [3.63, 3.8) is 0 Å². The Bertz CT molecular complexity index is 1300. The lowest BCUT2D eigenvalue weighted by molar-refractivity contribution is -0.253. The molecule has 3 aromatic carbocycles. The maximum absolute atomic E-state index is 14.8. The molecule has 1 unspecified atom stereocenters. The molecule has 0 aromatic heterocycles. The van der Waals surface area contributed by atoms with Crippen molar-refractivity contribution in [2.24, 2.45) is 5.92 Å². The van der Waals surface area contributed by atoms with Crippen LogP contribution in [0.3, 0.4) is 0 Å². The third-order valence-corrected chi connectivity index (χ3v) is 6.75. The summed E-state index contributed by atoms with van der Waals surface area (Å²) in [6, 6.07) is 14.2. The first-order valence-corrected chi connectivity index (χ1v) is 12.2. The maximum atomic E-state index is 14.8. The van der Waals surface area contributed by atoms with Crippen LogP contribution in [0.25, 0.3) is 0 Å². The fourth-order valence-electron chi connectivity index (χ4n) is 4.69. The van der Waals surface area contributed by atoms with E-state index in [9.17, 15) is 35.5 Å². The van der Waals surface area contributed by atoms with Gasteiger partial charge in [0.2, 0.25) is 0 Å². The molecule has 3 aromatic rings. The summed E-state index contributed by atoms with van der Waals surface area (Å²) in [5.41, 5.74) is -1.14. The molecular formula is C28H25F7N2O3. The van der Waals surface area contributed by atoms with Crippen LogP contribution in [0.2, 0.25) is 0 Å². The van der Waals surface area contributed by atoms with Gasteiger partial charge in [-0.1, -0.05) is 42.5 Å². The SMILES string of the molecule is O=C(NC1CC(C(O)F)C1)N[C@](Cc1ccccc1)(c1ccc(F)cc1)c1cc(F)cc(OC(F)(F)C(F)F)c1. The molecule has 2 atom stereocenters. The summed E-state index contributed by atoms with van der Waals surface area (Å²) >= 11 is 0. The number of carbonyl (C=O) groups excluding carboxylic acids is 1. The van der Waals surface area contributed by atoms with E-state index in [0.29, 0.717) is 11.6 Å². The van der Waals surface area contributed by atoms with Crippen LogP contribution >= 0.6 is 0 Å². The Morgan fingerprint density at radius 3 is 2.17 bits per heavy atom. The number of amides is 2. The Balaban J connectivity index is 1.80. The number of ether oxygens (including phenoxy) is 1. The van der Waals surface area contributed by atoms with Crippen LogP contribution in [0.15, 0.2) is 72.8 Å². The molecule has 0 radical (unpaired) electrons. The van der Waals surface area contributed by atoms with E-state index in [0.717, 1.165) is 24.3 Å². The molecule has 0 heterocycles. The fraction of sp³-hybridized carbons (Fsp3) is 0.321. The number of carbonyl (C=O) groups is 1. The van der Waals surface area contributed by atoms with E-state index in [4.69, 9.17) is 5.11 Å². The van der Waals surface area contributed by atoms with Crippen molar-refractivity contribution in [2.45, 2.75) is 49.7 Å². The average Bonchev–Trinajstić information content (AvgIpc) is 2.85. The van der Waals surface area contributed by atoms with Crippen LogP contribution in [0.4, 0.5) is 35.5 Å². The number of benzene rings is 3. The van der Waals surface area contributed by atoms with Crippen molar-refractivity contribution in [1.82, 2.24) is 10.6 Å². The normalized spacial score (nSPS) is 19.3. The lowest BCUT2D eigenvalue weighted by Crippen LogP contribution is -2.56. The van der Waals surface area contributed by atoms with Crippen LogP contribution in [0.5, 0.6) is 5.75 Å². The predicted octanol–water partition coefficient (Wildman–Crippen LogP) is 6.05. The first kappa shape index (κ1) is 29.2. The van der Waals surface area contributed by atoms with Gasteiger partial charge >= 0.3 is 18.6 Å². The molecular weight excluding hydrogens is 545 g/mol. The van der Waals surface area contributed by atoms with Gasteiger partial charge in [-0.3, -0.25) is 0 Å². The van der Waals surface area contributed by atoms with Gasteiger partial charge in [0.1, 0.15) is 17.4 Å². The Morgan fingerprint density at radius 2 is 1.57 bits per heavy atom. The molecule has 40 heavy (non-hydrogen) atoms. The molecule has 214 valence electrons. The van der Waals surface area contributed by atoms with Gasteiger partial charge in [-0.25, -0.2) is 18.0 Å². The highest BCUT2D eigenvalue weighted by Gasteiger charge is 2.45. The van der Waals surface area contributed by atoms with E-state index in [1.807, 2.05) is 0 Å². The third kappa shape index (κ3) is 6.67. The second-order valence-corrected chi connectivity index (χ2v) is 9.61. The van der Waals surface area contributed by atoms with E-state index in [-0.39, 0.29) is 30.4 Å². The Hall–Kier alpha value is -3.80. The zero-order valence-corrected chi connectivity index (χ0v) is 20.8. The molecule has 0 aliphatic heterocycles. The number of alkyl halides is 5. The van der Waals surface area contributed by atoms with Gasteiger partial charge in [0.15, 0.2) is 6.36 Å². The van der Waals surface area contributed by atoms with Gasteiger partial charge in [0.05, 0.1) is 5.54 Å². The summed E-state index contributed by atoms with van der Waals surface area (Å²) in [5, 5.41) is 14.4. The summed E-state index contributed by atoms with van der Waals surface area (Å²) in [5.74, 6) is -3.35. The number of hydrogen-bond donors (Lipinski definition) is 3. The van der Waals surface area contributed by atoms with Gasteiger partial charge in [0, 0.05) is 24.4 Å². The van der Waals surface area contributed by atoms with Crippen molar-refractivity contribution in [1.29, 1.82) is 0 Å². The van der Waals surface area contributed by atoms with Crippen LogP contribution in [-0.4, -0.2) is 36.1 Å². The molecule has 0 saturated heterocycles. The van der Waals surface area contributed by atoms with Crippen molar-refractivity contribution in [2.75, 3.05) is 0 Å². The van der Waals surface area contributed by atoms with E-state index in [1.54, 1.807) is 30.3 Å². The molecule has 4 rings (SSSR count). The third-order valence-electron chi connectivity index (χ3n) is 6.75. The topological polar surface area (TPSA) is 70.6 Å². The lowest BCUT2D eigenvalue weighted by atomic mass is 9.77. The number of rotatable bonds is 10. The quantitative estimate of drug-likeness (QED) is 0.260. The Labute approximate surface area is 225 Å². The van der Waals surface area contributed by atoms with Crippen molar-refractivity contribution in [3.8, 4) is 5.75 Å². The number of nitrogens with one attached hydrogen (secondary N) is 2. The summed E-state index contributed by atoms with van der Waals surface area (Å²) in [4.78, 5) is 13.2. The smallest absolute Gasteiger partial charge is 0.428 e. The second-order valence-electron chi connectivity index (χ2n) is 9.61. The van der Waals surface area contributed by atoms with Crippen molar-refractivity contribution < 1.29 is 45.4 Å². The largest absolute Gasteiger partial charge is 0.461 e. The summed E-state index contributed by atoms with van der Waals surface area (Å²) < 4.78 is 99.1. The summed E-state index contributed by atoms with van der Waals surface area (Å²) in [6.07, 6.45) is -11.0. The number of hydrogen-bond acceptors (Lipinski definition) is 3. The number of aliphatic hydroxyl groups is 1. The summed E-state index contributed by atoms with van der Waals surface area (Å²) in [6.45, 7) is 0. The molecule has 1 aliphatic carbocycles. The van der Waals surface area contributed by atoms with Crippen molar-refractivity contribution in [3.05, 3.63) is 101 Å². The van der Waals surface area contributed by atoms with E-state index >= 15 is 0 Å². The summed E-state index contributed by atoms with van der Waals surface area (Å²) in [7, 11) is 0. The molecule has 0 spiro atoms. The van der Waals surface area contributed by atoms with E-state index < -0.39 is 59.8 Å². The zero-order chi connectivity index (χ0) is 29.1. The van der Waals surface area contributed by atoms with Crippen LogP contribution in [0.1, 0.15) is 29.5 Å². The predicted molar refractivity (Wildman–Crippen MR) is 131 cm³/mol. The molecule has 2 amide bonds. The van der Waals surface area contributed by atoms with Gasteiger partial charge < -0.3 is 20.5 Å². The highest BCUT2D eigenvalue weighted by atomic mass is 19.3. The van der Waals surface area contributed by atoms with Crippen molar-refractivity contribution >= 4 is 6.03 Å². The molecule has 1 fully saturated rings. The number of aliphatic hydroxyl groups excluding tert-OH is 1. The van der Waals surface area contributed by atoms with Gasteiger partial charge in [-0.2, -0.15) is 17.6 Å². The van der Waals surface area contributed by atoms with Crippen LogP contribution < -0.4 is 15.4 Å². The number of urea groups is 1. The molecule has 12 heteroatoms. The monoisotopic (exact) mass is 570 g/mol. The minimum absolute atomic E-state index is 0.114. The lowest BCUT2D eigenvalue weighted by Gasteiger charge is -2.40. The Morgan fingerprint density at radius 1 is 0.925 bits per heavy atom. The minimum atomic E-state index is -4.93. The van der Waals surface area contributed by atoms with Crippen LogP contribution in [0, 0.1) is 17.6 Å². The number of halogens is 7. The van der Waals surface area contributed by atoms with Gasteiger partial charge in [-0.15, -0.1) is 0 Å². The minimum Gasteiger partial charge on any atom is -0.428 e. The molecule has 3 N–H and O–H groups in total. The fourth-order valence-corrected chi connectivity index (χ4v) is 4.69. The van der Waals surface area contributed by atoms with Gasteiger partial charge in [-0.05, 0) is 53.8 Å². The first-order valence-electron chi connectivity index (χ1n) is 12.2. The van der Waals surface area contributed by atoms with Crippen LogP contribution in [-0.2, 0) is 12.0 Å². The first-order chi connectivity index (χ1) is 18.9. The molecule has 0 bridgehead atoms. The second kappa shape index (κ2) is 11.7. The molecule has 1 aliphatic rings. The van der Waals surface area contributed by atoms with E-state index in [1.165, 1.54) is 12.1 Å². The highest BCUT2D eigenvalue weighted by Crippen LogP contribution is 2.38. The molecule has 1 saturated carbocycles. The Kier molecular flexibility index (Phi) is 8.57. The average molecular weight is 571 g/mol. The standard InChI is InChI=1S/C28H25F7N2O3/c29-20-8-6-18(7-9-20)27(15-16-4-2-1-3-5-16,37-26(39)36-22-10-17(11-22)24(31)38)19-12-21(30)14-23(13-19)40-28(34,35)25(32)33/h1-9,12-14,17,22,24-25,38H,10-11,15H2,(H2,36,37,39)/t17?,22?,24?,27-/m1/s1. The van der Waals surface area contributed by atoms with E-state index in [2.05, 4.69) is 15.4 Å². The molecule has 5 nitrogen and oxygen atoms in total. The van der Waals surface area contributed by atoms with Gasteiger partial charge in [0.25, 0.3) is 0 Å². The zero-order valence-electron chi connectivity index (χ0n) is 20.8.